The van der Waals surface area contributed by atoms with Crippen LogP contribution in [-0.2, 0) is 0 Å². The van der Waals surface area contributed by atoms with Gasteiger partial charge in [0.05, 0.1) is 22.3 Å². The van der Waals surface area contributed by atoms with E-state index >= 15 is 0 Å². The number of fused-ring (bicyclic) bond motifs is 2. The molecule has 0 spiro atoms. The molecule has 24 heavy (non-hydrogen) atoms. The summed E-state index contributed by atoms with van der Waals surface area (Å²) in [5, 5.41) is 1.18. The number of aromatic amines is 2. The SMILES string of the molecule is c1ccc(-c2[nH]c3ccccc3c2-c2nc3ccccc3[nH]2)cc1. The number of hydrogen-bond donors (Lipinski definition) is 2. The lowest BCUT2D eigenvalue weighted by molar-refractivity contribution is 1.34. The number of nitrogens with zero attached hydrogens (tertiary/aromatic N) is 1. The van der Waals surface area contributed by atoms with Gasteiger partial charge in [0.1, 0.15) is 5.82 Å². The van der Waals surface area contributed by atoms with Crippen molar-refractivity contribution >= 4 is 21.9 Å². The largest absolute Gasteiger partial charge is 0.354 e. The summed E-state index contributed by atoms with van der Waals surface area (Å²) in [6.07, 6.45) is 0. The second-order valence-electron chi connectivity index (χ2n) is 5.89. The minimum absolute atomic E-state index is 0.896. The van der Waals surface area contributed by atoms with Gasteiger partial charge in [0.2, 0.25) is 0 Å². The number of rotatable bonds is 2. The van der Waals surface area contributed by atoms with Crippen LogP contribution in [0.25, 0.3) is 44.6 Å². The summed E-state index contributed by atoms with van der Waals surface area (Å²) >= 11 is 0. The Hall–Kier alpha value is -3.33. The van der Waals surface area contributed by atoms with E-state index in [9.17, 15) is 0 Å². The van der Waals surface area contributed by atoms with Crippen molar-refractivity contribution in [2.24, 2.45) is 0 Å². The van der Waals surface area contributed by atoms with E-state index in [2.05, 4.69) is 64.6 Å². The Morgan fingerprint density at radius 2 is 1.33 bits per heavy atom. The highest BCUT2D eigenvalue weighted by Gasteiger charge is 2.17. The van der Waals surface area contributed by atoms with Crippen molar-refractivity contribution in [3.63, 3.8) is 0 Å². The summed E-state index contributed by atoms with van der Waals surface area (Å²) < 4.78 is 0. The molecule has 0 saturated heterocycles. The predicted octanol–water partition coefficient (Wildman–Crippen LogP) is 5.38. The molecule has 0 fully saturated rings. The Kier molecular flexibility index (Phi) is 2.79. The Morgan fingerprint density at radius 1 is 0.625 bits per heavy atom. The number of benzene rings is 3. The molecule has 114 valence electrons. The van der Waals surface area contributed by atoms with Crippen molar-refractivity contribution in [1.29, 1.82) is 0 Å². The summed E-state index contributed by atoms with van der Waals surface area (Å²) in [5.74, 6) is 0.896. The van der Waals surface area contributed by atoms with Gasteiger partial charge in [-0.15, -0.1) is 0 Å². The second-order valence-corrected chi connectivity index (χ2v) is 5.89. The highest BCUT2D eigenvalue weighted by Crippen LogP contribution is 2.37. The van der Waals surface area contributed by atoms with Gasteiger partial charge in [0.15, 0.2) is 0 Å². The summed E-state index contributed by atoms with van der Waals surface area (Å²) in [4.78, 5) is 11.8. The molecule has 5 aromatic rings. The number of hydrogen-bond acceptors (Lipinski definition) is 1. The molecule has 0 unspecified atom stereocenters. The monoisotopic (exact) mass is 309 g/mol. The first-order valence-corrected chi connectivity index (χ1v) is 8.01. The van der Waals surface area contributed by atoms with E-state index in [1.54, 1.807) is 0 Å². The van der Waals surface area contributed by atoms with Gasteiger partial charge in [-0.05, 0) is 23.8 Å². The molecule has 0 saturated carbocycles. The van der Waals surface area contributed by atoms with Crippen molar-refractivity contribution < 1.29 is 0 Å². The summed E-state index contributed by atoms with van der Waals surface area (Å²) in [5.41, 5.74) is 6.52. The van der Waals surface area contributed by atoms with Crippen molar-refractivity contribution in [3.05, 3.63) is 78.9 Å². The van der Waals surface area contributed by atoms with Crippen LogP contribution in [0.1, 0.15) is 0 Å². The molecule has 3 nitrogen and oxygen atoms in total. The standard InChI is InChI=1S/C21H15N3/c1-2-8-14(9-3-1)20-19(15-10-4-5-11-16(15)22-20)21-23-17-12-6-7-13-18(17)24-21/h1-13,22H,(H,23,24). The van der Waals surface area contributed by atoms with Crippen molar-refractivity contribution in [2.45, 2.75) is 0 Å². The molecule has 3 heteroatoms. The fourth-order valence-electron chi connectivity index (χ4n) is 3.28. The first-order valence-electron chi connectivity index (χ1n) is 8.01. The number of imidazole rings is 1. The molecule has 0 amide bonds. The topological polar surface area (TPSA) is 44.5 Å². The van der Waals surface area contributed by atoms with Crippen LogP contribution in [0, 0.1) is 0 Å². The van der Waals surface area contributed by atoms with Gasteiger partial charge in [-0.3, -0.25) is 0 Å². The first-order chi connectivity index (χ1) is 11.9. The van der Waals surface area contributed by atoms with Gasteiger partial charge >= 0.3 is 0 Å². The Balaban J connectivity index is 1.86. The zero-order valence-corrected chi connectivity index (χ0v) is 13.0. The molecule has 2 heterocycles. The maximum absolute atomic E-state index is 4.82. The molecule has 0 bridgehead atoms. The van der Waals surface area contributed by atoms with Crippen LogP contribution in [0.15, 0.2) is 78.9 Å². The fourth-order valence-corrected chi connectivity index (χ4v) is 3.28. The van der Waals surface area contributed by atoms with Gasteiger partial charge in [-0.2, -0.15) is 0 Å². The number of aromatic nitrogens is 3. The number of H-pyrrole nitrogens is 2. The molecular formula is C21H15N3. The molecule has 2 aromatic heterocycles. The average molecular weight is 309 g/mol. The molecule has 0 aliphatic heterocycles. The van der Waals surface area contributed by atoms with Gasteiger partial charge in [-0.25, -0.2) is 4.98 Å². The lowest BCUT2D eigenvalue weighted by Gasteiger charge is -2.02. The Labute approximate surface area is 139 Å². The van der Waals surface area contributed by atoms with Crippen molar-refractivity contribution in [1.82, 2.24) is 15.0 Å². The number of nitrogens with one attached hydrogen (secondary N) is 2. The lowest BCUT2D eigenvalue weighted by atomic mass is 10.0. The smallest absolute Gasteiger partial charge is 0.141 e. The van der Waals surface area contributed by atoms with Gasteiger partial charge in [0, 0.05) is 10.9 Å². The van der Waals surface area contributed by atoms with Crippen molar-refractivity contribution in [2.75, 3.05) is 0 Å². The van der Waals surface area contributed by atoms with E-state index in [0.717, 1.165) is 39.2 Å². The second kappa shape index (κ2) is 5.10. The lowest BCUT2D eigenvalue weighted by Crippen LogP contribution is -1.84. The molecule has 0 atom stereocenters. The van der Waals surface area contributed by atoms with Gasteiger partial charge in [-0.1, -0.05) is 60.7 Å². The highest BCUT2D eigenvalue weighted by atomic mass is 14.9. The van der Waals surface area contributed by atoms with Crippen LogP contribution in [0.5, 0.6) is 0 Å². The van der Waals surface area contributed by atoms with Crippen LogP contribution in [-0.4, -0.2) is 15.0 Å². The van der Waals surface area contributed by atoms with E-state index in [4.69, 9.17) is 4.98 Å². The highest BCUT2D eigenvalue weighted by molar-refractivity contribution is 6.03. The zero-order chi connectivity index (χ0) is 15.9. The molecule has 0 aliphatic rings. The third-order valence-corrected chi connectivity index (χ3v) is 4.39. The zero-order valence-electron chi connectivity index (χ0n) is 13.0. The van der Waals surface area contributed by atoms with Crippen LogP contribution < -0.4 is 0 Å². The third kappa shape index (κ3) is 1.95. The van der Waals surface area contributed by atoms with Gasteiger partial charge in [0.25, 0.3) is 0 Å². The molecule has 0 radical (unpaired) electrons. The minimum atomic E-state index is 0.896. The summed E-state index contributed by atoms with van der Waals surface area (Å²) in [6, 6.07) is 26.9. The van der Waals surface area contributed by atoms with Crippen molar-refractivity contribution in [3.8, 4) is 22.6 Å². The third-order valence-electron chi connectivity index (χ3n) is 4.39. The Bertz CT molecular complexity index is 1120. The van der Waals surface area contributed by atoms with Crippen LogP contribution >= 0.6 is 0 Å². The Morgan fingerprint density at radius 3 is 2.17 bits per heavy atom. The summed E-state index contributed by atoms with van der Waals surface area (Å²) in [7, 11) is 0. The van der Waals surface area contributed by atoms with E-state index in [0.29, 0.717) is 0 Å². The average Bonchev–Trinajstić information content (AvgIpc) is 3.23. The van der Waals surface area contributed by atoms with Gasteiger partial charge < -0.3 is 9.97 Å². The fraction of sp³-hybridized carbons (Fsp3) is 0. The maximum Gasteiger partial charge on any atom is 0.141 e. The molecule has 0 aliphatic carbocycles. The van der Waals surface area contributed by atoms with Crippen LogP contribution in [0.2, 0.25) is 0 Å². The van der Waals surface area contributed by atoms with Crippen LogP contribution in [0.3, 0.4) is 0 Å². The number of para-hydroxylation sites is 3. The van der Waals surface area contributed by atoms with Crippen LogP contribution in [0.4, 0.5) is 0 Å². The molecule has 5 rings (SSSR count). The normalized spacial score (nSPS) is 11.3. The van der Waals surface area contributed by atoms with E-state index < -0.39 is 0 Å². The molecule has 2 N–H and O–H groups in total. The quantitative estimate of drug-likeness (QED) is 0.452. The molecular weight excluding hydrogens is 294 g/mol. The van der Waals surface area contributed by atoms with E-state index in [-0.39, 0.29) is 0 Å². The minimum Gasteiger partial charge on any atom is -0.354 e. The first kappa shape index (κ1) is 13.1. The van der Waals surface area contributed by atoms with E-state index in [1.807, 2.05) is 24.3 Å². The maximum atomic E-state index is 4.82. The van der Waals surface area contributed by atoms with E-state index in [1.165, 1.54) is 5.39 Å². The molecule has 3 aromatic carbocycles. The summed E-state index contributed by atoms with van der Waals surface area (Å²) in [6.45, 7) is 0. The predicted molar refractivity (Wildman–Crippen MR) is 98.8 cm³/mol.